The maximum Gasteiger partial charge on any atom is 0.200 e. The predicted molar refractivity (Wildman–Crippen MR) is 84.5 cm³/mol. The van der Waals surface area contributed by atoms with Crippen LogP contribution >= 0.6 is 11.6 Å². The van der Waals surface area contributed by atoms with Gasteiger partial charge in [0.15, 0.2) is 11.5 Å². The number of hydrogen-bond acceptors (Lipinski definition) is 4. The minimum absolute atomic E-state index is 0.0939. The first-order chi connectivity index (χ1) is 10.6. The van der Waals surface area contributed by atoms with Gasteiger partial charge in [-0.15, -0.1) is 0 Å². The van der Waals surface area contributed by atoms with Crippen molar-refractivity contribution >= 4 is 34.5 Å². The summed E-state index contributed by atoms with van der Waals surface area (Å²) in [5, 5.41) is 19.9. The third-order valence-electron chi connectivity index (χ3n) is 3.32. The molecule has 3 rings (SSSR count). The fourth-order valence-corrected chi connectivity index (χ4v) is 2.46. The normalized spacial score (nSPS) is 14.0. The number of Topliss-reactive ketones (excluding diaryl/α,β-unsaturated/α-hetero) is 1. The van der Waals surface area contributed by atoms with Gasteiger partial charge in [0.2, 0.25) is 0 Å². The molecular weight excluding hydrogens is 300 g/mol. The third kappa shape index (κ3) is 2.18. The van der Waals surface area contributed by atoms with Crippen molar-refractivity contribution in [3.63, 3.8) is 0 Å². The number of fused-ring (bicyclic) bond motifs is 1. The predicted octanol–water partition coefficient (Wildman–Crippen LogP) is 4.10. The minimum Gasteiger partial charge on any atom is -0.506 e. The molecule has 0 unspecified atom stereocenters. The highest BCUT2D eigenvalue weighted by Gasteiger charge is 2.32. The first kappa shape index (κ1) is 14.1. The molecule has 0 saturated heterocycles. The average Bonchev–Trinajstić information content (AvgIpc) is 2.79. The summed E-state index contributed by atoms with van der Waals surface area (Å²) in [6.45, 7) is 0. The molecule has 1 aliphatic carbocycles. The summed E-state index contributed by atoms with van der Waals surface area (Å²) >= 11 is 6.01. The van der Waals surface area contributed by atoms with Gasteiger partial charge in [-0.25, -0.2) is 4.99 Å². The van der Waals surface area contributed by atoms with Crippen LogP contribution in [0.1, 0.15) is 15.9 Å². The van der Waals surface area contributed by atoms with Gasteiger partial charge in [-0.05, 0) is 12.1 Å². The summed E-state index contributed by atoms with van der Waals surface area (Å²) in [7, 11) is 0. The van der Waals surface area contributed by atoms with E-state index in [4.69, 9.17) is 11.6 Å². The molecule has 0 spiro atoms. The van der Waals surface area contributed by atoms with E-state index in [1.807, 2.05) is 6.07 Å². The number of benzene rings is 2. The van der Waals surface area contributed by atoms with Gasteiger partial charge < -0.3 is 5.11 Å². The van der Waals surface area contributed by atoms with E-state index in [1.54, 1.807) is 48.5 Å². The summed E-state index contributed by atoms with van der Waals surface area (Å²) in [5.74, 6) is -0.645. The molecular formula is C17H9ClN2O2. The van der Waals surface area contributed by atoms with Crippen molar-refractivity contribution in [2.75, 3.05) is 0 Å². The highest BCUT2D eigenvalue weighted by atomic mass is 35.5. The number of carbonyl (C=O) groups excluding carboxylic acids is 1. The molecule has 106 valence electrons. The van der Waals surface area contributed by atoms with Crippen LogP contribution in [0.3, 0.4) is 0 Å². The number of carbonyl (C=O) groups is 1. The number of aliphatic hydroxyl groups excluding tert-OH is 1. The van der Waals surface area contributed by atoms with E-state index in [2.05, 4.69) is 4.99 Å². The number of nitrogens with zero attached hydrogens (tertiary/aromatic N) is 2. The summed E-state index contributed by atoms with van der Waals surface area (Å²) in [4.78, 5) is 16.5. The molecule has 0 bridgehead atoms. The molecule has 0 amide bonds. The van der Waals surface area contributed by atoms with E-state index < -0.39 is 5.78 Å². The van der Waals surface area contributed by atoms with Crippen LogP contribution in [0.4, 0.5) is 5.69 Å². The highest BCUT2D eigenvalue weighted by Crippen LogP contribution is 2.33. The molecule has 0 fully saturated rings. The highest BCUT2D eigenvalue weighted by molar-refractivity contribution is 6.40. The Hall–Kier alpha value is -2.90. The van der Waals surface area contributed by atoms with Crippen molar-refractivity contribution in [3.05, 3.63) is 70.3 Å². The van der Waals surface area contributed by atoms with Crippen LogP contribution in [-0.4, -0.2) is 16.6 Å². The zero-order valence-electron chi connectivity index (χ0n) is 11.2. The lowest BCUT2D eigenvalue weighted by molar-refractivity contribution is 0.104. The Labute approximate surface area is 131 Å². The number of nitriles is 1. The molecule has 0 saturated carbocycles. The monoisotopic (exact) mass is 308 g/mol. The molecule has 1 N–H and O–H groups in total. The van der Waals surface area contributed by atoms with Crippen LogP contribution in [0.2, 0.25) is 5.02 Å². The van der Waals surface area contributed by atoms with E-state index in [9.17, 15) is 15.2 Å². The Balaban J connectivity index is 2.15. The number of allylic oxidation sites excluding steroid dienone is 1. The van der Waals surface area contributed by atoms with Crippen molar-refractivity contribution in [1.29, 1.82) is 5.26 Å². The molecule has 1 aliphatic rings. The molecule has 0 aromatic heterocycles. The van der Waals surface area contributed by atoms with E-state index in [0.29, 0.717) is 21.8 Å². The largest absolute Gasteiger partial charge is 0.506 e. The second-order valence-corrected chi connectivity index (χ2v) is 5.03. The van der Waals surface area contributed by atoms with Crippen LogP contribution in [0.5, 0.6) is 0 Å². The van der Waals surface area contributed by atoms with Gasteiger partial charge in [0.05, 0.1) is 10.7 Å². The minimum atomic E-state index is -0.416. The number of para-hydroxylation sites is 1. The number of aliphatic imine (C=N–C) groups is 1. The van der Waals surface area contributed by atoms with E-state index in [1.165, 1.54) is 0 Å². The maximum absolute atomic E-state index is 12.4. The van der Waals surface area contributed by atoms with Crippen molar-refractivity contribution in [2.45, 2.75) is 0 Å². The Bertz CT molecular complexity index is 892. The zero-order valence-corrected chi connectivity index (χ0v) is 12.0. The quantitative estimate of drug-likeness (QED) is 0.849. The van der Waals surface area contributed by atoms with Crippen LogP contribution in [0.25, 0.3) is 5.76 Å². The van der Waals surface area contributed by atoms with Crippen molar-refractivity contribution in [3.8, 4) is 6.07 Å². The Kier molecular flexibility index (Phi) is 3.50. The Morgan fingerprint density at radius 2 is 1.73 bits per heavy atom. The van der Waals surface area contributed by atoms with Gasteiger partial charge in [-0.3, -0.25) is 4.79 Å². The van der Waals surface area contributed by atoms with Gasteiger partial charge >= 0.3 is 0 Å². The first-order valence-electron chi connectivity index (χ1n) is 6.44. The second-order valence-electron chi connectivity index (χ2n) is 4.62. The van der Waals surface area contributed by atoms with Crippen molar-refractivity contribution < 1.29 is 9.90 Å². The Morgan fingerprint density at radius 3 is 2.36 bits per heavy atom. The molecule has 2 aromatic rings. The van der Waals surface area contributed by atoms with E-state index in [0.717, 1.165) is 0 Å². The lowest BCUT2D eigenvalue weighted by Gasteiger charge is -2.01. The molecule has 0 atom stereocenters. The maximum atomic E-state index is 12.4. The van der Waals surface area contributed by atoms with Crippen molar-refractivity contribution in [2.24, 2.45) is 4.99 Å². The molecule has 0 radical (unpaired) electrons. The number of aliphatic hydroxyl groups is 1. The SMILES string of the molecule is N#CC(=Nc1ccccc1Cl)C1=C(O)c2ccccc2C1=O. The first-order valence-corrected chi connectivity index (χ1v) is 6.82. The second kappa shape index (κ2) is 5.47. The summed E-state index contributed by atoms with van der Waals surface area (Å²) < 4.78 is 0. The topological polar surface area (TPSA) is 73.4 Å². The summed E-state index contributed by atoms with van der Waals surface area (Å²) in [5.41, 5.74) is 0.877. The smallest absolute Gasteiger partial charge is 0.200 e. The number of halogens is 1. The fourth-order valence-electron chi connectivity index (χ4n) is 2.28. The fraction of sp³-hybridized carbons (Fsp3) is 0. The van der Waals surface area contributed by atoms with Crippen LogP contribution in [0.15, 0.2) is 59.1 Å². The van der Waals surface area contributed by atoms with Gasteiger partial charge in [-0.1, -0.05) is 48.0 Å². The third-order valence-corrected chi connectivity index (χ3v) is 3.64. The standard InChI is InChI=1S/C17H9ClN2O2/c18-12-7-3-4-8-13(12)20-14(9-19)15-16(21)10-5-1-2-6-11(10)17(15)22/h1-8,21H. The summed E-state index contributed by atoms with van der Waals surface area (Å²) in [6, 6.07) is 15.2. The number of rotatable bonds is 2. The molecule has 4 nitrogen and oxygen atoms in total. The molecule has 0 aliphatic heterocycles. The van der Waals surface area contributed by atoms with E-state index in [-0.39, 0.29) is 17.0 Å². The van der Waals surface area contributed by atoms with Gasteiger partial charge in [0.25, 0.3) is 0 Å². The lowest BCUT2D eigenvalue weighted by Crippen LogP contribution is -2.08. The molecule has 2 aromatic carbocycles. The Morgan fingerprint density at radius 1 is 1.09 bits per heavy atom. The van der Waals surface area contributed by atoms with Gasteiger partial charge in [-0.2, -0.15) is 5.26 Å². The number of ketones is 1. The average molecular weight is 309 g/mol. The molecule has 5 heteroatoms. The zero-order chi connectivity index (χ0) is 15.7. The number of hydrogen-bond donors (Lipinski definition) is 1. The van der Waals surface area contributed by atoms with Gasteiger partial charge in [0, 0.05) is 11.1 Å². The molecule has 22 heavy (non-hydrogen) atoms. The van der Waals surface area contributed by atoms with Crippen molar-refractivity contribution in [1.82, 2.24) is 0 Å². The van der Waals surface area contributed by atoms with Gasteiger partial charge in [0.1, 0.15) is 17.4 Å². The molecule has 0 heterocycles. The van der Waals surface area contributed by atoms with E-state index >= 15 is 0 Å². The lowest BCUT2D eigenvalue weighted by atomic mass is 10.1. The van der Waals surface area contributed by atoms with Crippen LogP contribution in [-0.2, 0) is 0 Å². The summed E-state index contributed by atoms with van der Waals surface area (Å²) in [6.07, 6.45) is 0. The van der Waals surface area contributed by atoms with Crippen LogP contribution < -0.4 is 0 Å². The van der Waals surface area contributed by atoms with Crippen LogP contribution in [0, 0.1) is 11.3 Å².